The average molecular weight is 299 g/mol. The van der Waals surface area contributed by atoms with E-state index in [0.29, 0.717) is 0 Å². The third-order valence-electron chi connectivity index (χ3n) is 3.09. The number of hydrogen-bond acceptors (Lipinski definition) is 4. The van der Waals surface area contributed by atoms with Crippen LogP contribution in [0.25, 0.3) is 11.4 Å². The molecular weight excluding hydrogens is 283 g/mol. The molecule has 7 heteroatoms. The predicted molar refractivity (Wildman–Crippen MR) is 71.1 cm³/mol. The van der Waals surface area contributed by atoms with Crippen LogP contribution in [0.3, 0.4) is 0 Å². The van der Waals surface area contributed by atoms with Crippen molar-refractivity contribution in [2.75, 3.05) is 0 Å². The molecule has 21 heavy (non-hydrogen) atoms. The van der Waals surface area contributed by atoms with E-state index in [2.05, 4.69) is 10.1 Å². The third kappa shape index (κ3) is 3.41. The molecule has 0 saturated heterocycles. The van der Waals surface area contributed by atoms with Crippen LogP contribution in [0.2, 0.25) is 0 Å². The Morgan fingerprint density at radius 2 is 1.86 bits per heavy atom. The molecule has 0 fully saturated rings. The molecule has 2 aromatic rings. The molecule has 2 N–H and O–H groups in total. The number of halogens is 3. The van der Waals surface area contributed by atoms with Gasteiger partial charge in [-0.2, -0.15) is 18.2 Å². The van der Waals surface area contributed by atoms with Gasteiger partial charge in [-0.25, -0.2) is 0 Å². The molecule has 1 aromatic carbocycles. The Hall–Kier alpha value is -1.89. The summed E-state index contributed by atoms with van der Waals surface area (Å²) in [5, 5.41) is 3.71. The van der Waals surface area contributed by atoms with Crippen molar-refractivity contribution < 1.29 is 17.7 Å². The summed E-state index contributed by atoms with van der Waals surface area (Å²) < 4.78 is 43.1. The molecule has 2 rings (SSSR count). The monoisotopic (exact) mass is 299 g/mol. The Labute approximate surface area is 120 Å². The second-order valence-corrected chi connectivity index (χ2v) is 5.88. The number of benzene rings is 1. The van der Waals surface area contributed by atoms with Crippen molar-refractivity contribution in [2.24, 2.45) is 11.1 Å². The number of hydrogen-bond donors (Lipinski definition) is 1. The largest absolute Gasteiger partial charge is 0.416 e. The Kier molecular flexibility index (Phi) is 3.79. The van der Waals surface area contributed by atoms with Crippen molar-refractivity contribution in [3.05, 3.63) is 35.7 Å². The van der Waals surface area contributed by atoms with E-state index < -0.39 is 17.8 Å². The van der Waals surface area contributed by atoms with Crippen molar-refractivity contribution in [2.45, 2.75) is 33.0 Å². The molecule has 0 aliphatic rings. The van der Waals surface area contributed by atoms with Crippen LogP contribution in [-0.2, 0) is 6.18 Å². The topological polar surface area (TPSA) is 64.9 Å². The van der Waals surface area contributed by atoms with Crippen molar-refractivity contribution in [3.63, 3.8) is 0 Å². The second kappa shape index (κ2) is 5.14. The van der Waals surface area contributed by atoms with Crippen LogP contribution >= 0.6 is 0 Å². The lowest BCUT2D eigenvalue weighted by Crippen LogP contribution is -2.26. The van der Waals surface area contributed by atoms with Gasteiger partial charge in [0.2, 0.25) is 11.7 Å². The van der Waals surface area contributed by atoms with E-state index in [1.807, 2.05) is 20.8 Å². The maximum absolute atomic E-state index is 12.7. The third-order valence-corrected chi connectivity index (χ3v) is 3.09. The van der Waals surface area contributed by atoms with Gasteiger partial charge in [-0.1, -0.05) is 38.1 Å². The first-order chi connectivity index (χ1) is 9.59. The standard InChI is InChI=1S/C14H16F3N3O/c1-13(2,3)10(18)12-19-11(20-21-12)8-5-4-6-9(7-8)14(15,16)17/h4-7,10H,18H2,1-3H3. The Morgan fingerprint density at radius 1 is 1.19 bits per heavy atom. The number of nitrogens with two attached hydrogens (primary N) is 1. The summed E-state index contributed by atoms with van der Waals surface area (Å²) >= 11 is 0. The summed E-state index contributed by atoms with van der Waals surface area (Å²) in [6.07, 6.45) is -4.41. The van der Waals surface area contributed by atoms with E-state index in [4.69, 9.17) is 10.3 Å². The lowest BCUT2D eigenvalue weighted by atomic mass is 9.87. The summed E-state index contributed by atoms with van der Waals surface area (Å²) in [6, 6.07) is 4.28. The first-order valence-corrected chi connectivity index (χ1v) is 6.36. The van der Waals surface area contributed by atoms with E-state index in [-0.39, 0.29) is 22.7 Å². The number of nitrogens with zero attached hydrogens (tertiary/aromatic N) is 2. The van der Waals surface area contributed by atoms with Crippen LogP contribution in [0, 0.1) is 5.41 Å². The highest BCUT2D eigenvalue weighted by Gasteiger charge is 2.31. The van der Waals surface area contributed by atoms with E-state index in [9.17, 15) is 13.2 Å². The summed E-state index contributed by atoms with van der Waals surface area (Å²) in [4.78, 5) is 4.10. The fourth-order valence-corrected chi connectivity index (χ4v) is 1.68. The van der Waals surface area contributed by atoms with Gasteiger partial charge in [-0.3, -0.25) is 0 Å². The molecule has 0 spiro atoms. The van der Waals surface area contributed by atoms with Crippen molar-refractivity contribution >= 4 is 0 Å². The van der Waals surface area contributed by atoms with Gasteiger partial charge in [0.1, 0.15) is 0 Å². The van der Waals surface area contributed by atoms with Crippen molar-refractivity contribution in [1.82, 2.24) is 10.1 Å². The van der Waals surface area contributed by atoms with Gasteiger partial charge in [0.05, 0.1) is 11.6 Å². The van der Waals surface area contributed by atoms with Crippen molar-refractivity contribution in [1.29, 1.82) is 0 Å². The van der Waals surface area contributed by atoms with Gasteiger partial charge in [-0.05, 0) is 17.5 Å². The van der Waals surface area contributed by atoms with E-state index >= 15 is 0 Å². The Balaban J connectivity index is 2.34. The molecule has 0 aliphatic carbocycles. The summed E-state index contributed by atoms with van der Waals surface area (Å²) in [6.45, 7) is 5.73. The predicted octanol–water partition coefficient (Wildman–Crippen LogP) is 3.80. The fraction of sp³-hybridized carbons (Fsp3) is 0.429. The van der Waals surface area contributed by atoms with Gasteiger partial charge >= 0.3 is 6.18 Å². The van der Waals surface area contributed by atoms with Gasteiger partial charge in [0.25, 0.3) is 0 Å². The lowest BCUT2D eigenvalue weighted by molar-refractivity contribution is -0.137. The molecule has 1 unspecified atom stereocenters. The average Bonchev–Trinajstić information content (AvgIpc) is 2.85. The maximum Gasteiger partial charge on any atom is 0.416 e. The van der Waals surface area contributed by atoms with Crippen LogP contribution in [0.4, 0.5) is 13.2 Å². The summed E-state index contributed by atoms with van der Waals surface area (Å²) in [5.74, 6) is 0.297. The molecule has 0 bridgehead atoms. The van der Waals surface area contributed by atoms with Gasteiger partial charge in [-0.15, -0.1) is 0 Å². The smallest absolute Gasteiger partial charge is 0.337 e. The van der Waals surface area contributed by atoms with Gasteiger partial charge < -0.3 is 10.3 Å². The highest BCUT2D eigenvalue weighted by molar-refractivity contribution is 5.55. The lowest BCUT2D eigenvalue weighted by Gasteiger charge is -2.23. The molecule has 1 atom stereocenters. The molecule has 0 amide bonds. The molecule has 1 heterocycles. The molecule has 114 valence electrons. The molecule has 0 aliphatic heterocycles. The van der Waals surface area contributed by atoms with Crippen LogP contribution in [0.5, 0.6) is 0 Å². The van der Waals surface area contributed by atoms with Gasteiger partial charge in [0.15, 0.2) is 0 Å². The van der Waals surface area contributed by atoms with Crippen LogP contribution in [0.1, 0.15) is 38.3 Å². The molecule has 4 nitrogen and oxygen atoms in total. The van der Waals surface area contributed by atoms with Crippen LogP contribution in [0.15, 0.2) is 28.8 Å². The minimum atomic E-state index is -4.41. The summed E-state index contributed by atoms with van der Waals surface area (Å²) in [7, 11) is 0. The number of aromatic nitrogens is 2. The zero-order valence-electron chi connectivity index (χ0n) is 11.9. The maximum atomic E-state index is 12.7. The molecule has 0 radical (unpaired) electrons. The highest BCUT2D eigenvalue weighted by Crippen LogP contribution is 2.33. The van der Waals surface area contributed by atoms with Crippen LogP contribution < -0.4 is 5.73 Å². The minimum Gasteiger partial charge on any atom is -0.337 e. The Morgan fingerprint density at radius 3 is 2.43 bits per heavy atom. The van der Waals surface area contributed by atoms with Gasteiger partial charge in [0, 0.05) is 5.56 Å². The molecule has 1 aromatic heterocycles. The molecular formula is C14H16F3N3O. The number of alkyl halides is 3. The first kappa shape index (κ1) is 15.5. The van der Waals surface area contributed by atoms with E-state index in [1.54, 1.807) is 0 Å². The van der Waals surface area contributed by atoms with Crippen molar-refractivity contribution in [3.8, 4) is 11.4 Å². The summed E-state index contributed by atoms with van der Waals surface area (Å²) in [5.41, 5.74) is 5.17. The Bertz CT molecular complexity index is 629. The van der Waals surface area contributed by atoms with Crippen LogP contribution in [-0.4, -0.2) is 10.1 Å². The first-order valence-electron chi connectivity index (χ1n) is 6.36. The number of rotatable bonds is 2. The zero-order valence-corrected chi connectivity index (χ0v) is 11.9. The SMILES string of the molecule is CC(C)(C)C(N)c1nc(-c2cccc(C(F)(F)F)c2)no1. The second-order valence-electron chi connectivity index (χ2n) is 5.88. The van der Waals surface area contributed by atoms with E-state index in [0.717, 1.165) is 12.1 Å². The zero-order chi connectivity index (χ0) is 15.8. The normalized spacial score (nSPS) is 14.2. The molecule has 0 saturated carbocycles. The minimum absolute atomic E-state index is 0.0933. The van der Waals surface area contributed by atoms with E-state index in [1.165, 1.54) is 12.1 Å². The highest BCUT2D eigenvalue weighted by atomic mass is 19.4. The fourth-order valence-electron chi connectivity index (χ4n) is 1.68. The quantitative estimate of drug-likeness (QED) is 0.916.